The third-order valence-corrected chi connectivity index (χ3v) is 5.60. The molecular weight excluding hydrogens is 377 g/mol. The molecule has 0 aliphatic heterocycles. The molecule has 1 atom stereocenters. The van der Waals surface area contributed by atoms with Crippen molar-refractivity contribution in [3.05, 3.63) is 35.5 Å². The molecule has 1 unspecified atom stereocenters. The molecule has 0 saturated heterocycles. The summed E-state index contributed by atoms with van der Waals surface area (Å²) in [6.07, 6.45) is -1.40. The summed E-state index contributed by atoms with van der Waals surface area (Å²) in [7, 11) is 0. The Morgan fingerprint density at radius 2 is 2.07 bits per heavy atom. The highest BCUT2D eigenvalue weighted by Crippen LogP contribution is 2.41. The summed E-state index contributed by atoms with van der Waals surface area (Å²) >= 11 is 1.42. The van der Waals surface area contributed by atoms with Crippen LogP contribution in [0, 0.1) is 0 Å². The molecule has 0 N–H and O–H groups in total. The number of thioether (sulfide) groups is 1. The summed E-state index contributed by atoms with van der Waals surface area (Å²) in [5.74, 6) is 1.67. The summed E-state index contributed by atoms with van der Waals surface area (Å²) in [4.78, 5) is 9.00. The van der Waals surface area contributed by atoms with Gasteiger partial charge in [0.25, 0.3) is 0 Å². The Kier molecular flexibility index (Phi) is 4.65. The Hall–Kier alpha value is -2.03. The first-order chi connectivity index (χ1) is 12.9. The van der Waals surface area contributed by atoms with Gasteiger partial charge in [0.1, 0.15) is 0 Å². The molecule has 1 aliphatic carbocycles. The van der Waals surface area contributed by atoms with Crippen LogP contribution in [-0.2, 0) is 12.7 Å². The van der Waals surface area contributed by atoms with E-state index in [9.17, 15) is 13.2 Å². The molecule has 1 fully saturated rings. The van der Waals surface area contributed by atoms with Gasteiger partial charge in [0, 0.05) is 12.5 Å². The summed E-state index contributed by atoms with van der Waals surface area (Å²) in [6.45, 7) is 4.51. The van der Waals surface area contributed by atoms with Crippen LogP contribution in [0.4, 0.5) is 13.2 Å². The van der Waals surface area contributed by atoms with E-state index in [0.717, 1.165) is 31.2 Å². The van der Waals surface area contributed by atoms with Crippen molar-refractivity contribution >= 4 is 22.8 Å². The molecule has 0 spiro atoms. The van der Waals surface area contributed by atoms with E-state index < -0.39 is 11.7 Å². The lowest BCUT2D eigenvalue weighted by Gasteiger charge is -2.11. The summed E-state index contributed by atoms with van der Waals surface area (Å²) in [5.41, 5.74) is 0.378. The van der Waals surface area contributed by atoms with Crippen LogP contribution in [0.15, 0.2) is 27.9 Å². The molecule has 27 heavy (non-hydrogen) atoms. The van der Waals surface area contributed by atoms with Gasteiger partial charge in [0.15, 0.2) is 11.0 Å². The van der Waals surface area contributed by atoms with E-state index in [2.05, 4.69) is 15.1 Å². The van der Waals surface area contributed by atoms with Crippen molar-refractivity contribution in [2.75, 3.05) is 0 Å². The number of hydrogen-bond acceptors (Lipinski definition) is 5. The van der Waals surface area contributed by atoms with Crippen molar-refractivity contribution in [3.63, 3.8) is 0 Å². The van der Waals surface area contributed by atoms with Crippen LogP contribution in [0.3, 0.4) is 0 Å². The van der Waals surface area contributed by atoms with Crippen LogP contribution in [-0.4, -0.2) is 19.7 Å². The largest absolute Gasteiger partial charge is 0.416 e. The molecule has 1 aliphatic rings. The minimum atomic E-state index is -4.38. The molecule has 1 saturated carbocycles. The van der Waals surface area contributed by atoms with Gasteiger partial charge in [-0.15, -0.1) is 0 Å². The highest BCUT2D eigenvalue weighted by atomic mass is 32.2. The van der Waals surface area contributed by atoms with Crippen LogP contribution in [0.5, 0.6) is 0 Å². The zero-order valence-corrected chi connectivity index (χ0v) is 15.8. The second-order valence-corrected chi connectivity index (χ2v) is 8.08. The maximum absolute atomic E-state index is 13.1. The van der Waals surface area contributed by atoms with Gasteiger partial charge in [-0.05, 0) is 44.4 Å². The van der Waals surface area contributed by atoms with E-state index in [1.54, 1.807) is 0 Å². The van der Waals surface area contributed by atoms with E-state index >= 15 is 0 Å². The molecule has 4 rings (SSSR count). The average Bonchev–Trinajstić information content (AvgIpc) is 3.25. The van der Waals surface area contributed by atoms with Crippen LogP contribution in [0.25, 0.3) is 11.0 Å². The third kappa shape index (κ3) is 3.69. The summed E-state index contributed by atoms with van der Waals surface area (Å²) < 4.78 is 46.5. The Labute approximate surface area is 158 Å². The second kappa shape index (κ2) is 6.85. The van der Waals surface area contributed by atoms with E-state index in [4.69, 9.17) is 4.52 Å². The number of nitrogens with zero attached hydrogens (tertiary/aromatic N) is 4. The van der Waals surface area contributed by atoms with Gasteiger partial charge in [-0.2, -0.15) is 18.2 Å². The quantitative estimate of drug-likeness (QED) is 0.509. The van der Waals surface area contributed by atoms with Gasteiger partial charge in [-0.3, -0.25) is 0 Å². The molecule has 0 bridgehead atoms. The fourth-order valence-electron chi connectivity index (χ4n) is 2.93. The van der Waals surface area contributed by atoms with Gasteiger partial charge in [0.05, 0.1) is 21.8 Å². The summed E-state index contributed by atoms with van der Waals surface area (Å²) in [6, 6.07) is 3.67. The highest BCUT2D eigenvalue weighted by Gasteiger charge is 2.32. The van der Waals surface area contributed by atoms with Crippen LogP contribution in [0.2, 0.25) is 0 Å². The van der Waals surface area contributed by atoms with Gasteiger partial charge >= 0.3 is 6.18 Å². The van der Waals surface area contributed by atoms with Gasteiger partial charge < -0.3 is 9.09 Å². The van der Waals surface area contributed by atoms with Crippen molar-refractivity contribution < 1.29 is 17.7 Å². The zero-order chi connectivity index (χ0) is 19.2. The van der Waals surface area contributed by atoms with Crippen molar-refractivity contribution in [1.82, 2.24) is 19.7 Å². The normalized spacial score (nSPS) is 16.2. The number of hydrogen-bond donors (Lipinski definition) is 0. The number of rotatable bonds is 6. The Bertz CT molecular complexity index is 961. The summed E-state index contributed by atoms with van der Waals surface area (Å²) in [5, 5.41) is 4.55. The van der Waals surface area contributed by atoms with E-state index in [0.29, 0.717) is 34.5 Å². The van der Waals surface area contributed by atoms with Crippen LogP contribution >= 0.6 is 11.8 Å². The number of aryl methyl sites for hydroxylation is 1. The minimum absolute atomic E-state index is 0.139. The third-order valence-electron chi connectivity index (χ3n) is 4.52. The number of benzene rings is 1. The molecule has 9 heteroatoms. The van der Waals surface area contributed by atoms with Crippen molar-refractivity contribution in [3.8, 4) is 0 Å². The first-order valence-electron chi connectivity index (χ1n) is 8.94. The van der Waals surface area contributed by atoms with E-state index in [1.807, 2.05) is 18.4 Å². The fourth-order valence-corrected chi connectivity index (χ4v) is 3.92. The zero-order valence-electron chi connectivity index (χ0n) is 15.0. The van der Waals surface area contributed by atoms with Crippen molar-refractivity contribution in [1.29, 1.82) is 0 Å². The Morgan fingerprint density at radius 3 is 2.74 bits per heavy atom. The first kappa shape index (κ1) is 18.3. The minimum Gasteiger partial charge on any atom is -0.338 e. The van der Waals surface area contributed by atoms with Gasteiger partial charge in [-0.1, -0.05) is 23.8 Å². The fraction of sp³-hybridized carbons (Fsp3) is 0.500. The molecule has 1 aromatic carbocycles. The molecule has 2 aromatic heterocycles. The van der Waals surface area contributed by atoms with Crippen molar-refractivity contribution in [2.45, 2.75) is 62.2 Å². The molecule has 0 amide bonds. The van der Waals surface area contributed by atoms with Gasteiger partial charge in [0.2, 0.25) is 5.89 Å². The average molecular weight is 396 g/mol. The maximum Gasteiger partial charge on any atom is 0.416 e. The topological polar surface area (TPSA) is 56.7 Å². The monoisotopic (exact) mass is 396 g/mol. The van der Waals surface area contributed by atoms with Crippen molar-refractivity contribution in [2.24, 2.45) is 0 Å². The lowest BCUT2D eigenvalue weighted by atomic mass is 10.2. The Balaban J connectivity index is 1.65. The number of imidazole rings is 1. The SMILES string of the molecule is CCCn1c(SC(C)c2nc(C3CC3)no2)nc2ccc(C(F)(F)F)cc21. The number of aromatic nitrogens is 4. The standard InChI is InChI=1S/C18H19F3N4OS/c1-3-8-25-14-9-12(18(19,20)21)6-7-13(14)22-17(25)27-10(2)16-23-15(24-26-16)11-4-5-11/h6-7,9-11H,3-5,8H2,1-2H3. The molecule has 5 nitrogen and oxygen atoms in total. The highest BCUT2D eigenvalue weighted by molar-refractivity contribution is 7.99. The van der Waals surface area contributed by atoms with E-state index in [-0.39, 0.29) is 5.25 Å². The molecule has 0 radical (unpaired) electrons. The number of fused-ring (bicyclic) bond motifs is 1. The second-order valence-electron chi connectivity index (χ2n) is 6.77. The molecule has 3 aromatic rings. The molecule has 2 heterocycles. The lowest BCUT2D eigenvalue weighted by molar-refractivity contribution is -0.137. The first-order valence-corrected chi connectivity index (χ1v) is 9.82. The van der Waals surface area contributed by atoms with Crippen LogP contribution < -0.4 is 0 Å². The maximum atomic E-state index is 13.1. The van der Waals surface area contributed by atoms with E-state index in [1.165, 1.54) is 23.9 Å². The molecule has 144 valence electrons. The predicted octanol–water partition coefficient (Wildman–Crippen LogP) is 5.58. The number of halogens is 3. The van der Waals surface area contributed by atoms with Gasteiger partial charge in [-0.25, -0.2) is 4.98 Å². The predicted molar refractivity (Wildman–Crippen MR) is 95.6 cm³/mol. The lowest BCUT2D eigenvalue weighted by Crippen LogP contribution is -2.05. The molecular formula is C18H19F3N4OS. The Morgan fingerprint density at radius 1 is 1.30 bits per heavy atom. The smallest absolute Gasteiger partial charge is 0.338 e. The number of alkyl halides is 3. The van der Waals surface area contributed by atoms with Crippen LogP contribution in [0.1, 0.15) is 61.6 Å².